The van der Waals surface area contributed by atoms with Crippen molar-refractivity contribution in [2.24, 2.45) is 0 Å². The number of phenols is 1. The smallest absolute Gasteiger partial charge is 0.313 e. The van der Waals surface area contributed by atoms with Gasteiger partial charge in [0.1, 0.15) is 11.5 Å². The highest BCUT2D eigenvalue weighted by molar-refractivity contribution is 6.48. The highest BCUT2D eigenvalue weighted by atomic mass is 16.5. The molecule has 0 spiro atoms. The lowest BCUT2D eigenvalue weighted by Gasteiger charge is -2.37. The van der Waals surface area contributed by atoms with Crippen LogP contribution in [-0.4, -0.2) is 35.5 Å². The molecule has 0 unspecified atom stereocenters. The van der Waals surface area contributed by atoms with E-state index in [0.29, 0.717) is 6.61 Å². The highest BCUT2D eigenvalue weighted by Crippen LogP contribution is 2.31. The number of ether oxygens (including phenoxy) is 1. The molecule has 4 nitrogen and oxygen atoms in total. The topological polar surface area (TPSA) is 58.9 Å². The van der Waals surface area contributed by atoms with Crippen LogP contribution < -0.4 is 10.2 Å². The van der Waals surface area contributed by atoms with E-state index in [0.717, 1.165) is 23.2 Å². The van der Waals surface area contributed by atoms with E-state index in [1.807, 2.05) is 19.9 Å². The molecular weight excluding hydrogens is 243 g/mol. The molecule has 2 rings (SSSR count). The van der Waals surface area contributed by atoms with Gasteiger partial charge >= 0.3 is 7.48 Å². The average molecular weight is 264 g/mol. The third kappa shape index (κ3) is 2.72. The molecule has 1 aliphatic heterocycles. The Bertz CT molecular complexity index is 477. The Morgan fingerprint density at radius 2 is 1.95 bits per heavy atom. The minimum atomic E-state index is -0.956. The van der Waals surface area contributed by atoms with Crippen molar-refractivity contribution in [1.29, 1.82) is 0 Å². The van der Waals surface area contributed by atoms with Gasteiger partial charge in [-0.2, -0.15) is 0 Å². The largest absolute Gasteiger partial charge is 0.508 e. The van der Waals surface area contributed by atoms with Crippen LogP contribution >= 0.6 is 0 Å². The first kappa shape index (κ1) is 14.2. The Kier molecular flexibility index (Phi) is 3.54. The maximum Gasteiger partial charge on any atom is 0.313 e. The monoisotopic (exact) mass is 264 g/mol. The van der Waals surface area contributed by atoms with Gasteiger partial charge in [-0.1, -0.05) is 6.07 Å². The van der Waals surface area contributed by atoms with E-state index < -0.39 is 11.2 Å². The maximum absolute atomic E-state index is 10.2. The summed E-state index contributed by atoms with van der Waals surface area (Å²) >= 11 is 0. The molecular formula is C14H21BO4. The van der Waals surface area contributed by atoms with Crippen LogP contribution in [0.25, 0.3) is 0 Å². The summed E-state index contributed by atoms with van der Waals surface area (Å²) < 4.78 is 11.2. The van der Waals surface area contributed by atoms with Crippen molar-refractivity contribution >= 4 is 12.9 Å². The van der Waals surface area contributed by atoms with Crippen molar-refractivity contribution in [3.63, 3.8) is 0 Å². The minimum Gasteiger partial charge on any atom is -0.508 e. The molecule has 0 saturated carbocycles. The fourth-order valence-corrected chi connectivity index (χ4v) is 1.86. The van der Waals surface area contributed by atoms with Crippen molar-refractivity contribution in [2.45, 2.75) is 45.3 Å². The molecule has 1 aromatic carbocycles. The first-order valence-electron chi connectivity index (χ1n) is 6.55. The first-order valence-corrected chi connectivity index (χ1v) is 6.55. The van der Waals surface area contributed by atoms with Gasteiger partial charge in [0.25, 0.3) is 0 Å². The third-order valence-corrected chi connectivity index (χ3v) is 3.99. The lowest BCUT2D eigenvalue weighted by molar-refractivity contribution is -0.0893. The predicted octanol–water partition coefficient (Wildman–Crippen LogP) is 0.870. The molecule has 104 valence electrons. The molecule has 0 aliphatic carbocycles. The summed E-state index contributed by atoms with van der Waals surface area (Å²) in [6.07, 6.45) is 0.726. The highest BCUT2D eigenvalue weighted by Gasteiger charge is 2.36. The molecule has 19 heavy (non-hydrogen) atoms. The van der Waals surface area contributed by atoms with Crippen LogP contribution in [0.4, 0.5) is 0 Å². The zero-order chi connectivity index (χ0) is 14.3. The summed E-state index contributed by atoms with van der Waals surface area (Å²) in [6, 6.07) is 3.66. The molecule has 0 radical (unpaired) electrons. The van der Waals surface area contributed by atoms with Gasteiger partial charge < -0.3 is 19.6 Å². The Balaban J connectivity index is 2.13. The van der Waals surface area contributed by atoms with Crippen molar-refractivity contribution < 1.29 is 19.6 Å². The minimum absolute atomic E-state index is 0.251. The van der Waals surface area contributed by atoms with Crippen molar-refractivity contribution in [3.8, 4) is 11.5 Å². The van der Waals surface area contributed by atoms with E-state index in [9.17, 15) is 10.2 Å². The molecule has 0 atom stereocenters. The van der Waals surface area contributed by atoms with Crippen LogP contribution in [0.15, 0.2) is 12.1 Å². The number of fused-ring (bicyclic) bond motifs is 1. The first-order chi connectivity index (χ1) is 8.72. The predicted molar refractivity (Wildman–Crippen MR) is 75.6 cm³/mol. The Labute approximate surface area is 114 Å². The van der Waals surface area contributed by atoms with Crippen LogP contribution in [0.1, 0.15) is 33.3 Å². The molecule has 0 aromatic heterocycles. The Morgan fingerprint density at radius 3 is 2.58 bits per heavy atom. The number of rotatable bonds is 4. The van der Waals surface area contributed by atoms with Crippen LogP contribution in [0.3, 0.4) is 0 Å². The van der Waals surface area contributed by atoms with E-state index in [4.69, 9.17) is 9.39 Å². The van der Waals surface area contributed by atoms with Gasteiger partial charge in [0.2, 0.25) is 0 Å². The molecule has 0 amide bonds. The lowest BCUT2D eigenvalue weighted by atomic mass is 9.81. The van der Waals surface area contributed by atoms with Gasteiger partial charge in [-0.15, -0.1) is 0 Å². The number of aliphatic hydroxyl groups is 1. The fraction of sp³-hybridized carbons (Fsp3) is 0.571. The van der Waals surface area contributed by atoms with Crippen molar-refractivity contribution in [2.75, 3.05) is 6.61 Å². The molecule has 0 fully saturated rings. The zero-order valence-corrected chi connectivity index (χ0v) is 12.0. The summed E-state index contributed by atoms with van der Waals surface area (Å²) in [5, 5.41) is 20.2. The molecule has 0 saturated heterocycles. The average Bonchev–Trinajstić information content (AvgIpc) is 2.75. The second kappa shape index (κ2) is 4.73. The van der Waals surface area contributed by atoms with E-state index in [-0.39, 0.29) is 13.2 Å². The quantitative estimate of drug-likeness (QED) is 0.792. The van der Waals surface area contributed by atoms with E-state index in [1.54, 1.807) is 19.9 Å². The molecule has 1 aromatic rings. The van der Waals surface area contributed by atoms with Gasteiger partial charge in [-0.3, -0.25) is 0 Å². The summed E-state index contributed by atoms with van der Waals surface area (Å²) in [7, 11) is 0.260. The summed E-state index contributed by atoms with van der Waals surface area (Å²) in [4.78, 5) is 0. The second-order valence-electron chi connectivity index (χ2n) is 6.01. The standard InChI is InChI=1S/C14H21BO4/c1-13(2,17)14(3,4)19-15-10-5-6-11-9(12(10)16)7-8-18-11/h5-6,15-17H,7-8H2,1-4H3. The fourth-order valence-electron chi connectivity index (χ4n) is 1.86. The summed E-state index contributed by atoms with van der Waals surface area (Å²) in [6.45, 7) is 7.70. The molecule has 5 heteroatoms. The number of hydrogen-bond acceptors (Lipinski definition) is 4. The molecule has 1 heterocycles. The van der Waals surface area contributed by atoms with E-state index >= 15 is 0 Å². The van der Waals surface area contributed by atoms with Crippen LogP contribution in [0.5, 0.6) is 11.5 Å². The number of benzene rings is 1. The van der Waals surface area contributed by atoms with Crippen LogP contribution in [-0.2, 0) is 11.1 Å². The van der Waals surface area contributed by atoms with Gasteiger partial charge in [0, 0.05) is 12.0 Å². The summed E-state index contributed by atoms with van der Waals surface area (Å²) in [5.74, 6) is 1.00. The SMILES string of the molecule is CC(C)(O)C(C)(C)OBc1ccc2c(c1O)CCO2. The van der Waals surface area contributed by atoms with E-state index in [2.05, 4.69) is 0 Å². The number of hydrogen-bond donors (Lipinski definition) is 2. The van der Waals surface area contributed by atoms with Crippen molar-refractivity contribution in [3.05, 3.63) is 17.7 Å². The Morgan fingerprint density at radius 1 is 1.26 bits per heavy atom. The Hall–Kier alpha value is -1.20. The lowest BCUT2D eigenvalue weighted by Crippen LogP contribution is -2.49. The third-order valence-electron chi connectivity index (χ3n) is 3.99. The molecule has 1 aliphatic rings. The normalized spacial score (nSPS) is 15.0. The molecule has 2 N–H and O–H groups in total. The van der Waals surface area contributed by atoms with Gasteiger partial charge in [0.15, 0.2) is 0 Å². The number of aromatic hydroxyl groups is 1. The van der Waals surface area contributed by atoms with Crippen LogP contribution in [0.2, 0.25) is 0 Å². The number of phenolic OH excluding ortho intramolecular Hbond substituents is 1. The van der Waals surface area contributed by atoms with Gasteiger partial charge in [-0.25, -0.2) is 0 Å². The maximum atomic E-state index is 10.2. The molecule has 0 bridgehead atoms. The van der Waals surface area contributed by atoms with Gasteiger partial charge in [-0.05, 0) is 39.2 Å². The summed E-state index contributed by atoms with van der Waals surface area (Å²) in [5.41, 5.74) is -0.0824. The van der Waals surface area contributed by atoms with Gasteiger partial charge in [0.05, 0.1) is 17.8 Å². The second-order valence-corrected chi connectivity index (χ2v) is 6.01. The van der Waals surface area contributed by atoms with Crippen LogP contribution in [0, 0.1) is 0 Å². The van der Waals surface area contributed by atoms with E-state index in [1.165, 1.54) is 0 Å². The zero-order valence-electron chi connectivity index (χ0n) is 12.0. The van der Waals surface area contributed by atoms with Crippen molar-refractivity contribution in [1.82, 2.24) is 0 Å².